The van der Waals surface area contributed by atoms with E-state index in [1.54, 1.807) is 25.3 Å². The number of carbonyl (C=O) groups is 1. The Bertz CT molecular complexity index is 521. The van der Waals surface area contributed by atoms with Gasteiger partial charge in [-0.2, -0.15) is 15.0 Å². The van der Waals surface area contributed by atoms with Crippen LogP contribution in [0.2, 0.25) is 0 Å². The third-order valence-corrected chi connectivity index (χ3v) is 1.91. The molecule has 17 heavy (non-hydrogen) atoms. The maximum Gasteiger partial charge on any atom is 0.259 e. The van der Waals surface area contributed by atoms with Crippen molar-refractivity contribution in [1.82, 2.24) is 19.9 Å². The number of rotatable bonds is 2. The van der Waals surface area contributed by atoms with Crippen LogP contribution in [0.4, 0.5) is 11.9 Å². The molecule has 3 N–H and O–H groups in total. The Morgan fingerprint density at radius 3 is 2.82 bits per heavy atom. The van der Waals surface area contributed by atoms with Gasteiger partial charge in [0.2, 0.25) is 11.9 Å². The summed E-state index contributed by atoms with van der Waals surface area (Å²) in [7, 11) is 0. The van der Waals surface area contributed by atoms with Gasteiger partial charge in [-0.1, -0.05) is 0 Å². The number of nitrogens with zero attached hydrogens (tertiary/aromatic N) is 4. The van der Waals surface area contributed by atoms with Crippen LogP contribution in [0.3, 0.4) is 0 Å². The molecule has 0 aliphatic carbocycles. The van der Waals surface area contributed by atoms with Crippen LogP contribution in [-0.2, 0) is 0 Å². The zero-order valence-corrected chi connectivity index (χ0v) is 9.08. The predicted molar refractivity (Wildman–Crippen MR) is 61.2 cm³/mol. The van der Waals surface area contributed by atoms with Crippen molar-refractivity contribution in [2.75, 3.05) is 11.1 Å². The van der Waals surface area contributed by atoms with Gasteiger partial charge in [0.1, 0.15) is 5.82 Å². The number of nitrogen functional groups attached to an aromatic ring is 1. The fourth-order valence-corrected chi connectivity index (χ4v) is 1.23. The van der Waals surface area contributed by atoms with Crippen molar-refractivity contribution in [3.8, 4) is 0 Å². The van der Waals surface area contributed by atoms with Crippen LogP contribution in [-0.4, -0.2) is 25.8 Å². The molecule has 0 radical (unpaired) electrons. The molecule has 0 saturated heterocycles. The van der Waals surface area contributed by atoms with Crippen molar-refractivity contribution in [1.29, 1.82) is 0 Å². The van der Waals surface area contributed by atoms with Gasteiger partial charge in [-0.05, 0) is 19.1 Å². The summed E-state index contributed by atoms with van der Waals surface area (Å²) in [6.07, 6.45) is 3.04. The van der Waals surface area contributed by atoms with Gasteiger partial charge in [0.25, 0.3) is 5.91 Å². The number of aromatic nitrogens is 4. The molecule has 1 amide bonds. The molecular formula is C10H10N6O. The second-order valence-electron chi connectivity index (χ2n) is 3.26. The highest BCUT2D eigenvalue weighted by atomic mass is 16.1. The second-order valence-corrected chi connectivity index (χ2v) is 3.26. The number of nitrogens with one attached hydrogen (secondary N) is 1. The van der Waals surface area contributed by atoms with Crippen molar-refractivity contribution in [3.63, 3.8) is 0 Å². The van der Waals surface area contributed by atoms with Crippen LogP contribution in [0.5, 0.6) is 0 Å². The molecule has 86 valence electrons. The second kappa shape index (κ2) is 4.52. The van der Waals surface area contributed by atoms with Gasteiger partial charge in [-0.15, -0.1) is 0 Å². The van der Waals surface area contributed by atoms with E-state index in [1.165, 1.54) is 6.20 Å². The number of aryl methyl sites for hydroxylation is 1. The zero-order chi connectivity index (χ0) is 12.3. The Balaban J connectivity index is 2.19. The summed E-state index contributed by atoms with van der Waals surface area (Å²) in [4.78, 5) is 27.1. The lowest BCUT2D eigenvalue weighted by atomic mass is 10.3. The minimum Gasteiger partial charge on any atom is -0.368 e. The molecule has 0 fully saturated rings. The van der Waals surface area contributed by atoms with Crippen molar-refractivity contribution in [2.24, 2.45) is 0 Å². The first-order chi connectivity index (χ1) is 8.15. The fourth-order valence-electron chi connectivity index (χ4n) is 1.23. The van der Waals surface area contributed by atoms with Gasteiger partial charge in [-0.25, -0.2) is 0 Å². The summed E-state index contributed by atoms with van der Waals surface area (Å²) in [5.41, 5.74) is 5.87. The third kappa shape index (κ3) is 2.71. The Labute approximate surface area is 97.1 Å². The minimum atomic E-state index is -0.344. The number of anilines is 2. The average Bonchev–Trinajstić information content (AvgIpc) is 2.28. The molecule has 0 aliphatic rings. The van der Waals surface area contributed by atoms with E-state index in [9.17, 15) is 4.79 Å². The largest absolute Gasteiger partial charge is 0.368 e. The Hall–Kier alpha value is -2.57. The highest BCUT2D eigenvalue weighted by Crippen LogP contribution is 2.04. The van der Waals surface area contributed by atoms with E-state index in [2.05, 4.69) is 25.3 Å². The van der Waals surface area contributed by atoms with Gasteiger partial charge in [0, 0.05) is 12.4 Å². The van der Waals surface area contributed by atoms with Crippen LogP contribution in [0.15, 0.2) is 24.5 Å². The van der Waals surface area contributed by atoms with Gasteiger partial charge >= 0.3 is 0 Å². The summed E-state index contributed by atoms with van der Waals surface area (Å²) in [5.74, 6) is 0.296. The SMILES string of the molecule is Cc1nc(N)nc(NC(=O)c2cccnc2)n1. The van der Waals surface area contributed by atoms with Crippen LogP contribution < -0.4 is 11.1 Å². The molecule has 0 bridgehead atoms. The minimum absolute atomic E-state index is 0.0685. The Kier molecular flexibility index (Phi) is 2.91. The van der Waals surface area contributed by atoms with Gasteiger partial charge in [0.05, 0.1) is 5.56 Å². The quantitative estimate of drug-likeness (QED) is 0.773. The topological polar surface area (TPSA) is 107 Å². The van der Waals surface area contributed by atoms with Crippen molar-refractivity contribution < 1.29 is 4.79 Å². The van der Waals surface area contributed by atoms with Crippen molar-refractivity contribution >= 4 is 17.8 Å². The Morgan fingerprint density at radius 2 is 2.18 bits per heavy atom. The number of amides is 1. The maximum atomic E-state index is 11.7. The number of nitrogens with two attached hydrogens (primary N) is 1. The summed E-state index contributed by atoms with van der Waals surface area (Å²) in [6, 6.07) is 3.31. The molecule has 2 rings (SSSR count). The third-order valence-electron chi connectivity index (χ3n) is 1.91. The Morgan fingerprint density at radius 1 is 1.35 bits per heavy atom. The standard InChI is InChI=1S/C10H10N6O/c1-6-13-9(11)16-10(14-6)15-8(17)7-3-2-4-12-5-7/h2-5H,1H3,(H3,11,13,14,15,16,17). The molecule has 0 atom stereocenters. The van der Waals surface area contributed by atoms with Crippen molar-refractivity contribution in [3.05, 3.63) is 35.9 Å². The molecule has 0 spiro atoms. The van der Waals surface area contributed by atoms with E-state index in [0.29, 0.717) is 11.4 Å². The van der Waals surface area contributed by atoms with Gasteiger partial charge < -0.3 is 5.73 Å². The van der Waals surface area contributed by atoms with Crippen LogP contribution in [0.1, 0.15) is 16.2 Å². The molecule has 0 aliphatic heterocycles. The van der Waals surface area contributed by atoms with E-state index in [1.807, 2.05) is 0 Å². The number of hydrogen-bond acceptors (Lipinski definition) is 6. The van der Waals surface area contributed by atoms with E-state index < -0.39 is 0 Å². The highest BCUT2D eigenvalue weighted by Gasteiger charge is 2.08. The highest BCUT2D eigenvalue weighted by molar-refractivity contribution is 6.03. The molecule has 2 heterocycles. The zero-order valence-electron chi connectivity index (χ0n) is 9.08. The van der Waals surface area contributed by atoms with Gasteiger partial charge in [-0.3, -0.25) is 15.1 Å². The molecule has 0 unspecified atom stereocenters. The fraction of sp³-hybridized carbons (Fsp3) is 0.100. The summed E-state index contributed by atoms with van der Waals surface area (Å²) >= 11 is 0. The van der Waals surface area contributed by atoms with Crippen LogP contribution >= 0.6 is 0 Å². The maximum absolute atomic E-state index is 11.7. The predicted octanol–water partition coefficient (Wildman–Crippen LogP) is 0.410. The number of pyridine rings is 1. The lowest BCUT2D eigenvalue weighted by Gasteiger charge is -2.04. The first kappa shape index (κ1) is 10.9. The average molecular weight is 230 g/mol. The van der Waals surface area contributed by atoms with E-state index >= 15 is 0 Å². The first-order valence-corrected chi connectivity index (χ1v) is 4.84. The van der Waals surface area contributed by atoms with E-state index in [4.69, 9.17) is 5.73 Å². The molecule has 0 saturated carbocycles. The normalized spacial score (nSPS) is 9.94. The monoisotopic (exact) mass is 230 g/mol. The van der Waals surface area contributed by atoms with Crippen LogP contribution in [0, 0.1) is 6.92 Å². The molecule has 0 aromatic carbocycles. The van der Waals surface area contributed by atoms with Gasteiger partial charge in [0.15, 0.2) is 0 Å². The smallest absolute Gasteiger partial charge is 0.259 e. The summed E-state index contributed by atoms with van der Waals surface area (Å²) < 4.78 is 0. The summed E-state index contributed by atoms with van der Waals surface area (Å²) in [6.45, 7) is 1.66. The molecule has 7 nitrogen and oxygen atoms in total. The van der Waals surface area contributed by atoms with E-state index in [0.717, 1.165) is 0 Å². The first-order valence-electron chi connectivity index (χ1n) is 4.84. The molecule has 2 aromatic heterocycles. The van der Waals surface area contributed by atoms with E-state index in [-0.39, 0.29) is 17.8 Å². The molecular weight excluding hydrogens is 220 g/mol. The van der Waals surface area contributed by atoms with Crippen LogP contribution in [0.25, 0.3) is 0 Å². The lowest BCUT2D eigenvalue weighted by Crippen LogP contribution is -2.16. The number of carbonyl (C=O) groups excluding carboxylic acids is 1. The lowest BCUT2D eigenvalue weighted by molar-refractivity contribution is 0.102. The molecule has 7 heteroatoms. The molecule has 2 aromatic rings. The van der Waals surface area contributed by atoms with Crippen molar-refractivity contribution in [2.45, 2.75) is 6.92 Å². The number of hydrogen-bond donors (Lipinski definition) is 2. The summed E-state index contributed by atoms with van der Waals surface area (Å²) in [5, 5.41) is 2.52.